The third kappa shape index (κ3) is 2.67. The molecule has 2 aliphatic rings. The summed E-state index contributed by atoms with van der Waals surface area (Å²) >= 11 is 6.01. The highest BCUT2D eigenvalue weighted by atomic mass is 35.5. The highest BCUT2D eigenvalue weighted by molar-refractivity contribution is 6.31. The Morgan fingerprint density at radius 2 is 1.86 bits per heavy atom. The molecular weight excluding hydrogens is 286 g/mol. The van der Waals surface area contributed by atoms with Crippen molar-refractivity contribution in [2.24, 2.45) is 0 Å². The van der Waals surface area contributed by atoms with E-state index >= 15 is 0 Å². The van der Waals surface area contributed by atoms with E-state index in [4.69, 9.17) is 17.3 Å². The molecule has 2 N–H and O–H groups in total. The zero-order chi connectivity index (χ0) is 14.9. The molecule has 0 bridgehead atoms. The second kappa shape index (κ2) is 5.93. The largest absolute Gasteiger partial charge is 0.383 e. The van der Waals surface area contributed by atoms with E-state index in [1.54, 1.807) is 6.07 Å². The van der Waals surface area contributed by atoms with E-state index in [2.05, 4.69) is 9.88 Å². The van der Waals surface area contributed by atoms with Crippen LogP contribution in [0.2, 0.25) is 5.02 Å². The average molecular weight is 308 g/mol. The first-order valence-corrected chi connectivity index (χ1v) is 8.22. The van der Waals surface area contributed by atoms with Gasteiger partial charge in [0.05, 0.1) is 16.1 Å². The predicted octanol–water partition coefficient (Wildman–Crippen LogP) is 3.30. The van der Waals surface area contributed by atoms with Crippen LogP contribution >= 0.6 is 11.6 Å². The van der Waals surface area contributed by atoms with Gasteiger partial charge in [-0.25, -0.2) is 4.98 Å². The smallest absolute Gasteiger partial charge is 0.186 e. The number of hydrogen-bond acceptors (Lipinski definition) is 4. The Morgan fingerprint density at radius 3 is 2.52 bits per heavy atom. The molecule has 2 heterocycles. The summed E-state index contributed by atoms with van der Waals surface area (Å²) in [5, 5.41) is 0.472. The van der Waals surface area contributed by atoms with Crippen molar-refractivity contribution >= 4 is 23.2 Å². The molecule has 3 rings (SSSR count). The molecular formula is C16H22ClN3O. The summed E-state index contributed by atoms with van der Waals surface area (Å²) < 4.78 is 0. The maximum Gasteiger partial charge on any atom is 0.186 e. The van der Waals surface area contributed by atoms with Crippen molar-refractivity contribution in [1.82, 2.24) is 9.88 Å². The number of Topliss-reactive ketones (excluding diaryl/α,β-unsaturated/α-hetero) is 1. The maximum atomic E-state index is 13.2. The molecule has 0 atom stereocenters. The standard InChI is InChI=1S/C16H22ClN3O/c17-12-10-13(15(18)19-11-12)14(21)16(6-2-3-7-16)20-8-4-1-5-9-20/h10-11H,1-9H2,(H2,18,19). The Kier molecular flexibility index (Phi) is 4.18. The number of pyridine rings is 1. The molecule has 1 aliphatic carbocycles. The van der Waals surface area contributed by atoms with Crippen LogP contribution < -0.4 is 5.73 Å². The van der Waals surface area contributed by atoms with Crippen LogP contribution in [0.4, 0.5) is 5.82 Å². The summed E-state index contributed by atoms with van der Waals surface area (Å²) in [4.78, 5) is 19.7. The van der Waals surface area contributed by atoms with Crippen LogP contribution in [-0.2, 0) is 0 Å². The van der Waals surface area contributed by atoms with Gasteiger partial charge in [0.2, 0.25) is 0 Å². The third-order valence-electron chi connectivity index (χ3n) is 4.94. The number of nitrogens with zero attached hydrogens (tertiary/aromatic N) is 2. The topological polar surface area (TPSA) is 59.2 Å². The molecule has 1 saturated carbocycles. The van der Waals surface area contributed by atoms with Gasteiger partial charge in [0, 0.05) is 6.20 Å². The molecule has 1 saturated heterocycles. The normalized spacial score (nSPS) is 22.3. The van der Waals surface area contributed by atoms with Crippen molar-refractivity contribution in [3.05, 3.63) is 22.8 Å². The lowest BCUT2D eigenvalue weighted by Crippen LogP contribution is -2.54. The molecule has 114 valence electrons. The number of aromatic nitrogens is 1. The van der Waals surface area contributed by atoms with Crippen molar-refractivity contribution in [3.63, 3.8) is 0 Å². The van der Waals surface area contributed by atoms with Crippen LogP contribution in [0.3, 0.4) is 0 Å². The van der Waals surface area contributed by atoms with E-state index in [0.29, 0.717) is 16.4 Å². The number of halogens is 1. The number of carbonyl (C=O) groups excluding carboxylic acids is 1. The van der Waals surface area contributed by atoms with Gasteiger partial charge in [-0.05, 0) is 44.8 Å². The number of ketones is 1. The molecule has 0 radical (unpaired) electrons. The van der Waals surface area contributed by atoms with E-state index in [-0.39, 0.29) is 11.3 Å². The number of carbonyl (C=O) groups is 1. The van der Waals surface area contributed by atoms with Gasteiger partial charge in [-0.15, -0.1) is 0 Å². The summed E-state index contributed by atoms with van der Waals surface area (Å²) in [5.74, 6) is 0.419. The highest BCUT2D eigenvalue weighted by Crippen LogP contribution is 2.40. The van der Waals surface area contributed by atoms with Crippen molar-refractivity contribution in [1.29, 1.82) is 0 Å². The van der Waals surface area contributed by atoms with E-state index in [0.717, 1.165) is 38.8 Å². The maximum absolute atomic E-state index is 13.2. The zero-order valence-corrected chi connectivity index (χ0v) is 13.0. The second-order valence-corrected chi connectivity index (χ2v) is 6.64. The molecule has 0 aromatic carbocycles. The van der Waals surface area contributed by atoms with Crippen molar-refractivity contribution < 1.29 is 4.79 Å². The Morgan fingerprint density at radius 1 is 1.19 bits per heavy atom. The van der Waals surface area contributed by atoms with Crippen molar-refractivity contribution in [2.45, 2.75) is 50.5 Å². The fraction of sp³-hybridized carbons (Fsp3) is 0.625. The SMILES string of the molecule is Nc1ncc(Cl)cc1C(=O)C1(N2CCCCC2)CCCC1. The number of piperidine rings is 1. The summed E-state index contributed by atoms with van der Waals surface area (Å²) in [7, 11) is 0. The van der Waals surface area contributed by atoms with Gasteiger partial charge in [-0.3, -0.25) is 9.69 Å². The van der Waals surface area contributed by atoms with Gasteiger partial charge in [-0.1, -0.05) is 30.9 Å². The van der Waals surface area contributed by atoms with Crippen LogP contribution in [0.15, 0.2) is 12.3 Å². The number of nitrogens with two attached hydrogens (primary N) is 1. The molecule has 4 nitrogen and oxygen atoms in total. The number of anilines is 1. The monoisotopic (exact) mass is 307 g/mol. The van der Waals surface area contributed by atoms with Crippen LogP contribution in [0.1, 0.15) is 55.3 Å². The van der Waals surface area contributed by atoms with Crippen LogP contribution in [0, 0.1) is 0 Å². The van der Waals surface area contributed by atoms with E-state index in [1.807, 2.05) is 0 Å². The number of rotatable bonds is 3. The lowest BCUT2D eigenvalue weighted by Gasteiger charge is -2.42. The van der Waals surface area contributed by atoms with E-state index < -0.39 is 0 Å². The van der Waals surface area contributed by atoms with Crippen molar-refractivity contribution in [2.75, 3.05) is 18.8 Å². The Hall–Kier alpha value is -1.13. The summed E-state index contributed by atoms with van der Waals surface area (Å²) in [6.07, 6.45) is 9.19. The van der Waals surface area contributed by atoms with Gasteiger partial charge in [0.25, 0.3) is 0 Å². The molecule has 0 spiro atoms. The van der Waals surface area contributed by atoms with Gasteiger partial charge >= 0.3 is 0 Å². The van der Waals surface area contributed by atoms with E-state index in [9.17, 15) is 4.79 Å². The molecule has 1 aliphatic heterocycles. The van der Waals surface area contributed by atoms with Gasteiger partial charge < -0.3 is 5.73 Å². The second-order valence-electron chi connectivity index (χ2n) is 6.20. The minimum absolute atomic E-state index is 0.120. The quantitative estimate of drug-likeness (QED) is 0.870. The van der Waals surface area contributed by atoms with Gasteiger partial charge in [0.15, 0.2) is 5.78 Å². The molecule has 1 aromatic rings. The molecule has 1 aromatic heterocycles. The van der Waals surface area contributed by atoms with Crippen LogP contribution in [0.25, 0.3) is 0 Å². The van der Waals surface area contributed by atoms with Crippen LogP contribution in [-0.4, -0.2) is 34.3 Å². The molecule has 5 heteroatoms. The zero-order valence-electron chi connectivity index (χ0n) is 12.3. The predicted molar refractivity (Wildman–Crippen MR) is 84.6 cm³/mol. The minimum Gasteiger partial charge on any atom is -0.383 e. The first-order chi connectivity index (χ1) is 10.1. The van der Waals surface area contributed by atoms with Crippen LogP contribution in [0.5, 0.6) is 0 Å². The van der Waals surface area contributed by atoms with Gasteiger partial charge in [-0.2, -0.15) is 0 Å². The highest BCUT2D eigenvalue weighted by Gasteiger charge is 2.46. The molecule has 0 unspecified atom stereocenters. The number of nitrogen functional groups attached to an aromatic ring is 1. The third-order valence-corrected chi connectivity index (χ3v) is 5.15. The first-order valence-electron chi connectivity index (χ1n) is 7.84. The minimum atomic E-state index is -0.374. The molecule has 2 fully saturated rings. The summed E-state index contributed by atoms with van der Waals surface area (Å²) in [6.45, 7) is 2.03. The Bertz CT molecular complexity index is 534. The van der Waals surface area contributed by atoms with Crippen molar-refractivity contribution in [3.8, 4) is 0 Å². The fourth-order valence-corrected chi connectivity index (χ4v) is 4.01. The molecule has 21 heavy (non-hydrogen) atoms. The Balaban J connectivity index is 1.96. The lowest BCUT2D eigenvalue weighted by atomic mass is 9.84. The van der Waals surface area contributed by atoms with Gasteiger partial charge in [0.1, 0.15) is 5.82 Å². The number of hydrogen-bond donors (Lipinski definition) is 1. The summed E-state index contributed by atoms with van der Waals surface area (Å²) in [6, 6.07) is 1.68. The lowest BCUT2D eigenvalue weighted by molar-refractivity contribution is 0.0478. The number of likely N-dealkylation sites (tertiary alicyclic amines) is 1. The first kappa shape index (κ1) is 14.8. The van der Waals surface area contributed by atoms with E-state index in [1.165, 1.54) is 25.5 Å². The summed E-state index contributed by atoms with van der Waals surface area (Å²) in [5.41, 5.74) is 6.06. The fourth-order valence-electron chi connectivity index (χ4n) is 3.85. The molecule has 0 amide bonds. The Labute approximate surface area is 130 Å². The average Bonchev–Trinajstić information content (AvgIpc) is 3.01.